The number of aryl methyl sites for hydroxylation is 1. The number of aliphatic hydroxyl groups is 1. The fourth-order valence-electron chi connectivity index (χ4n) is 7.15. The molecule has 0 spiro atoms. The molecule has 2 aromatic carbocycles. The SMILES string of the molecule is CC(=O)C(C(C)C)N1CC(CN2CCC(O)(CCCc3cnc4ccccc4c3)CC2)C(c2ccccc2)C1. The number of rotatable bonds is 10. The first-order valence-corrected chi connectivity index (χ1v) is 14.9. The zero-order chi connectivity index (χ0) is 27.4. The van der Waals surface area contributed by atoms with Crippen molar-refractivity contribution < 1.29 is 9.90 Å². The van der Waals surface area contributed by atoms with Crippen molar-refractivity contribution in [3.8, 4) is 0 Å². The molecule has 2 saturated heterocycles. The summed E-state index contributed by atoms with van der Waals surface area (Å²) in [5.41, 5.74) is 3.09. The number of ketones is 1. The number of hydrogen-bond acceptors (Lipinski definition) is 5. The summed E-state index contributed by atoms with van der Waals surface area (Å²) in [5, 5.41) is 12.6. The van der Waals surface area contributed by atoms with E-state index in [0.717, 1.165) is 70.3 Å². The minimum atomic E-state index is -0.571. The van der Waals surface area contributed by atoms with Gasteiger partial charge in [-0.15, -0.1) is 0 Å². The summed E-state index contributed by atoms with van der Waals surface area (Å²) in [6, 6.07) is 21.3. The van der Waals surface area contributed by atoms with Gasteiger partial charge in [-0.25, -0.2) is 0 Å². The number of nitrogens with zero attached hydrogens (tertiary/aromatic N) is 3. The number of likely N-dealkylation sites (tertiary alicyclic amines) is 2. The highest BCUT2D eigenvalue weighted by Gasteiger charge is 2.41. The van der Waals surface area contributed by atoms with Crippen LogP contribution in [0.25, 0.3) is 10.9 Å². The normalized spacial score (nSPS) is 22.9. The molecule has 1 N–H and O–H groups in total. The summed E-state index contributed by atoms with van der Waals surface area (Å²) in [4.78, 5) is 22.1. The second-order valence-corrected chi connectivity index (χ2v) is 12.4. The third-order valence-corrected chi connectivity index (χ3v) is 9.17. The van der Waals surface area contributed by atoms with E-state index < -0.39 is 5.60 Å². The number of hydrogen-bond donors (Lipinski definition) is 1. The van der Waals surface area contributed by atoms with Crippen molar-refractivity contribution in [2.24, 2.45) is 11.8 Å². The number of Topliss-reactive ketones (excluding diaryl/α,β-unsaturated/α-hetero) is 1. The average molecular weight is 528 g/mol. The predicted molar refractivity (Wildman–Crippen MR) is 159 cm³/mol. The molecule has 39 heavy (non-hydrogen) atoms. The van der Waals surface area contributed by atoms with Crippen molar-refractivity contribution in [3.05, 3.63) is 78.0 Å². The minimum absolute atomic E-state index is 0.00883. The van der Waals surface area contributed by atoms with E-state index in [2.05, 4.69) is 77.2 Å². The molecular weight excluding hydrogens is 482 g/mol. The summed E-state index contributed by atoms with van der Waals surface area (Å²) in [6.07, 6.45) is 6.42. The van der Waals surface area contributed by atoms with Crippen molar-refractivity contribution in [2.75, 3.05) is 32.7 Å². The Morgan fingerprint density at radius 1 is 1.05 bits per heavy atom. The summed E-state index contributed by atoms with van der Waals surface area (Å²) < 4.78 is 0. The maximum Gasteiger partial charge on any atom is 0.147 e. The molecule has 208 valence electrons. The lowest BCUT2D eigenvalue weighted by Crippen LogP contribution is -2.47. The van der Waals surface area contributed by atoms with Crippen LogP contribution in [-0.2, 0) is 11.2 Å². The highest BCUT2D eigenvalue weighted by molar-refractivity contribution is 5.81. The molecular formula is C34H45N3O2. The van der Waals surface area contributed by atoms with Crippen LogP contribution in [0.5, 0.6) is 0 Å². The molecule has 3 aromatic rings. The Balaban J connectivity index is 1.16. The number of fused-ring (bicyclic) bond motifs is 1. The molecule has 0 amide bonds. The Kier molecular flexibility index (Phi) is 8.80. The summed E-state index contributed by atoms with van der Waals surface area (Å²) in [5.74, 6) is 1.51. The van der Waals surface area contributed by atoms with Gasteiger partial charge in [-0.05, 0) is 74.1 Å². The molecule has 1 aromatic heterocycles. The number of carbonyl (C=O) groups excluding carboxylic acids is 1. The van der Waals surface area contributed by atoms with Crippen molar-refractivity contribution in [1.82, 2.24) is 14.8 Å². The van der Waals surface area contributed by atoms with Crippen LogP contribution in [0.15, 0.2) is 66.9 Å². The monoisotopic (exact) mass is 527 g/mol. The first kappa shape index (κ1) is 27.9. The van der Waals surface area contributed by atoms with E-state index in [1.54, 1.807) is 6.92 Å². The average Bonchev–Trinajstić information content (AvgIpc) is 3.33. The lowest BCUT2D eigenvalue weighted by atomic mass is 9.84. The second kappa shape index (κ2) is 12.3. The molecule has 3 atom stereocenters. The molecule has 5 heteroatoms. The molecule has 2 aliphatic rings. The molecule has 5 nitrogen and oxygen atoms in total. The molecule has 3 heterocycles. The van der Waals surface area contributed by atoms with Gasteiger partial charge in [0.25, 0.3) is 0 Å². The Hall–Kier alpha value is -2.60. The number of pyridine rings is 1. The summed E-state index contributed by atoms with van der Waals surface area (Å²) in [6.45, 7) is 10.9. The van der Waals surface area contributed by atoms with Crippen LogP contribution >= 0.6 is 0 Å². The smallest absolute Gasteiger partial charge is 0.147 e. The van der Waals surface area contributed by atoms with Gasteiger partial charge in [0.2, 0.25) is 0 Å². The number of benzene rings is 2. The largest absolute Gasteiger partial charge is 0.390 e. The zero-order valence-electron chi connectivity index (χ0n) is 23.9. The Labute approximate surface area is 234 Å². The van der Waals surface area contributed by atoms with E-state index in [1.807, 2.05) is 18.3 Å². The summed E-state index contributed by atoms with van der Waals surface area (Å²) >= 11 is 0. The van der Waals surface area contributed by atoms with Gasteiger partial charge in [0.15, 0.2) is 0 Å². The molecule has 2 fully saturated rings. The van der Waals surface area contributed by atoms with E-state index in [0.29, 0.717) is 17.8 Å². The van der Waals surface area contributed by atoms with Crippen LogP contribution in [0, 0.1) is 11.8 Å². The second-order valence-electron chi connectivity index (χ2n) is 12.4. The molecule has 0 saturated carbocycles. The number of aromatic nitrogens is 1. The maximum absolute atomic E-state index is 12.5. The van der Waals surface area contributed by atoms with Crippen LogP contribution < -0.4 is 0 Å². The third kappa shape index (κ3) is 6.77. The van der Waals surface area contributed by atoms with Gasteiger partial charge in [-0.3, -0.25) is 14.7 Å². The molecule has 3 unspecified atom stereocenters. The fraction of sp³-hybridized carbons (Fsp3) is 0.529. The van der Waals surface area contributed by atoms with Gasteiger partial charge in [0.1, 0.15) is 5.78 Å². The Morgan fingerprint density at radius 3 is 2.49 bits per heavy atom. The summed E-state index contributed by atoms with van der Waals surface area (Å²) in [7, 11) is 0. The van der Waals surface area contributed by atoms with Crippen LogP contribution in [0.3, 0.4) is 0 Å². The lowest BCUT2D eigenvalue weighted by molar-refractivity contribution is -0.123. The molecule has 0 aliphatic carbocycles. The quantitative estimate of drug-likeness (QED) is 0.366. The fourth-order valence-corrected chi connectivity index (χ4v) is 7.15. The van der Waals surface area contributed by atoms with Gasteiger partial charge >= 0.3 is 0 Å². The maximum atomic E-state index is 12.5. The van der Waals surface area contributed by atoms with Gasteiger partial charge in [0.05, 0.1) is 17.2 Å². The first-order chi connectivity index (χ1) is 18.8. The van der Waals surface area contributed by atoms with E-state index in [-0.39, 0.29) is 11.8 Å². The minimum Gasteiger partial charge on any atom is -0.390 e. The number of carbonyl (C=O) groups is 1. The van der Waals surface area contributed by atoms with Crippen molar-refractivity contribution >= 4 is 16.7 Å². The Morgan fingerprint density at radius 2 is 1.77 bits per heavy atom. The highest BCUT2D eigenvalue weighted by atomic mass is 16.3. The van der Waals surface area contributed by atoms with Gasteiger partial charge < -0.3 is 10.0 Å². The van der Waals surface area contributed by atoms with Crippen LogP contribution in [0.1, 0.15) is 63.5 Å². The van der Waals surface area contributed by atoms with Crippen molar-refractivity contribution in [1.29, 1.82) is 0 Å². The zero-order valence-corrected chi connectivity index (χ0v) is 23.9. The van der Waals surface area contributed by atoms with Gasteiger partial charge in [-0.2, -0.15) is 0 Å². The van der Waals surface area contributed by atoms with E-state index in [1.165, 1.54) is 16.5 Å². The molecule has 2 aliphatic heterocycles. The number of piperidine rings is 1. The van der Waals surface area contributed by atoms with Crippen molar-refractivity contribution in [3.63, 3.8) is 0 Å². The van der Waals surface area contributed by atoms with E-state index in [4.69, 9.17) is 0 Å². The molecule has 0 radical (unpaired) electrons. The van der Waals surface area contributed by atoms with Crippen LogP contribution in [0.4, 0.5) is 0 Å². The molecule has 0 bridgehead atoms. The number of para-hydroxylation sites is 1. The van der Waals surface area contributed by atoms with Gasteiger partial charge in [-0.1, -0.05) is 62.4 Å². The third-order valence-electron chi connectivity index (χ3n) is 9.17. The predicted octanol–water partition coefficient (Wildman–Crippen LogP) is 5.71. The highest BCUT2D eigenvalue weighted by Crippen LogP contribution is 2.37. The van der Waals surface area contributed by atoms with Crippen molar-refractivity contribution in [2.45, 2.75) is 70.4 Å². The van der Waals surface area contributed by atoms with E-state index >= 15 is 0 Å². The molecule has 5 rings (SSSR count). The first-order valence-electron chi connectivity index (χ1n) is 14.9. The van der Waals surface area contributed by atoms with Crippen LogP contribution in [-0.4, -0.2) is 70.0 Å². The topological polar surface area (TPSA) is 56.7 Å². The Bertz CT molecular complexity index is 1240. The standard InChI is InChI=1S/C34H45N3O2/c1-25(2)33(26(3)38)37-23-30(31(24-37)28-11-5-4-6-12-28)22-36-18-16-34(39,17-19-36)15-9-10-27-20-29-13-7-8-14-32(29)35-21-27/h4-8,11-14,20-21,25,30-31,33,39H,9-10,15-19,22-24H2,1-3H3. The lowest BCUT2D eigenvalue weighted by Gasteiger charge is -2.40. The van der Waals surface area contributed by atoms with Gasteiger partial charge in [0, 0.05) is 50.2 Å². The van der Waals surface area contributed by atoms with Crippen LogP contribution in [0.2, 0.25) is 0 Å². The van der Waals surface area contributed by atoms with E-state index in [9.17, 15) is 9.90 Å².